The number of hydrogen-bond acceptors (Lipinski definition) is 7. The number of carbonyl (C=O) groups excluding carboxylic acids is 1. The SMILES string of the molecule is CC(C)(C)OC(=O)N1CCc2c(N)n[nH]c2C1.Nc1n[nH]c2c1CCNC2. The normalized spacial score (nSPS) is 16.0. The maximum absolute atomic E-state index is 11.9. The molecule has 0 saturated heterocycles. The molecule has 0 fully saturated rings. The first kappa shape index (κ1) is 19.0. The van der Waals surface area contributed by atoms with Crippen molar-refractivity contribution in [2.45, 2.75) is 52.3 Å². The number of hydrogen-bond donors (Lipinski definition) is 5. The number of nitrogens with two attached hydrogens (primary N) is 2. The van der Waals surface area contributed by atoms with E-state index in [4.69, 9.17) is 16.2 Å². The third-order valence-corrected chi connectivity index (χ3v) is 4.46. The summed E-state index contributed by atoms with van der Waals surface area (Å²) in [6.45, 7) is 8.55. The van der Waals surface area contributed by atoms with Crippen molar-refractivity contribution in [2.24, 2.45) is 0 Å². The number of nitrogens with one attached hydrogen (secondary N) is 3. The van der Waals surface area contributed by atoms with Crippen LogP contribution < -0.4 is 16.8 Å². The molecule has 0 bridgehead atoms. The van der Waals surface area contributed by atoms with Crippen molar-refractivity contribution in [2.75, 3.05) is 24.6 Å². The Bertz CT molecular complexity index is 804. The number of amides is 1. The van der Waals surface area contributed by atoms with Gasteiger partial charge in [-0.3, -0.25) is 10.2 Å². The summed E-state index contributed by atoms with van der Waals surface area (Å²) in [4.78, 5) is 13.5. The van der Waals surface area contributed by atoms with Crippen LogP contribution in [0, 0.1) is 0 Å². The second-order valence-corrected chi connectivity index (χ2v) is 7.71. The van der Waals surface area contributed by atoms with Gasteiger partial charge in [0.1, 0.15) is 17.2 Å². The van der Waals surface area contributed by atoms with Crippen molar-refractivity contribution in [3.8, 4) is 0 Å². The van der Waals surface area contributed by atoms with Gasteiger partial charge >= 0.3 is 6.09 Å². The number of anilines is 2. The Hall–Kier alpha value is -2.75. The zero-order valence-corrected chi connectivity index (χ0v) is 16.1. The fourth-order valence-corrected chi connectivity index (χ4v) is 3.10. The minimum atomic E-state index is -0.468. The summed E-state index contributed by atoms with van der Waals surface area (Å²) in [6.07, 6.45) is 1.42. The molecule has 27 heavy (non-hydrogen) atoms. The zero-order valence-electron chi connectivity index (χ0n) is 16.1. The van der Waals surface area contributed by atoms with Gasteiger partial charge in [0.05, 0.1) is 17.9 Å². The Morgan fingerprint density at radius 1 is 1.07 bits per heavy atom. The molecule has 10 heteroatoms. The standard InChI is InChI=1S/C11H18N4O2.C6H10N4/c1-11(2,3)17-10(16)15-5-4-7-8(6-15)13-14-9(7)12;7-6-4-1-2-8-3-5(4)9-10-6/h4-6H2,1-3H3,(H3,12,13,14);8H,1-3H2,(H3,7,9,10). The number of nitrogens with zero attached hydrogens (tertiary/aromatic N) is 3. The van der Waals surface area contributed by atoms with Gasteiger partial charge in [-0.05, 0) is 40.2 Å². The molecule has 2 aromatic heterocycles. The van der Waals surface area contributed by atoms with Crippen molar-refractivity contribution in [1.29, 1.82) is 0 Å². The number of H-pyrrole nitrogens is 2. The first-order chi connectivity index (χ1) is 12.7. The molecule has 0 aromatic carbocycles. The molecule has 0 radical (unpaired) electrons. The Morgan fingerprint density at radius 3 is 2.33 bits per heavy atom. The molecule has 2 aliphatic rings. The summed E-state index contributed by atoms with van der Waals surface area (Å²) >= 11 is 0. The fourth-order valence-electron chi connectivity index (χ4n) is 3.10. The van der Waals surface area contributed by atoms with Gasteiger partial charge in [0.2, 0.25) is 0 Å². The van der Waals surface area contributed by atoms with Crippen LogP contribution in [0.3, 0.4) is 0 Å². The number of carbonyl (C=O) groups is 1. The van der Waals surface area contributed by atoms with Crippen LogP contribution in [0.15, 0.2) is 0 Å². The summed E-state index contributed by atoms with van der Waals surface area (Å²) in [5, 5.41) is 16.8. The van der Waals surface area contributed by atoms with Gasteiger partial charge in [0, 0.05) is 24.2 Å². The van der Waals surface area contributed by atoms with Gasteiger partial charge in [0.15, 0.2) is 0 Å². The van der Waals surface area contributed by atoms with Crippen molar-refractivity contribution >= 4 is 17.7 Å². The number of rotatable bonds is 0. The van der Waals surface area contributed by atoms with Gasteiger partial charge in [0.25, 0.3) is 0 Å². The number of aromatic amines is 2. The molecular formula is C17H28N8O2. The lowest BCUT2D eigenvalue weighted by Crippen LogP contribution is -2.39. The van der Waals surface area contributed by atoms with Crippen LogP contribution in [0.25, 0.3) is 0 Å². The second-order valence-electron chi connectivity index (χ2n) is 7.71. The summed E-state index contributed by atoms with van der Waals surface area (Å²) in [5.74, 6) is 1.19. The highest BCUT2D eigenvalue weighted by molar-refractivity contribution is 5.68. The van der Waals surface area contributed by atoms with Crippen LogP contribution in [0.1, 0.15) is 43.3 Å². The van der Waals surface area contributed by atoms with E-state index in [9.17, 15) is 4.79 Å². The number of aromatic nitrogens is 4. The van der Waals surface area contributed by atoms with E-state index in [0.29, 0.717) is 24.7 Å². The highest BCUT2D eigenvalue weighted by atomic mass is 16.6. The smallest absolute Gasteiger partial charge is 0.410 e. The van der Waals surface area contributed by atoms with Gasteiger partial charge in [-0.2, -0.15) is 10.2 Å². The fraction of sp³-hybridized carbons (Fsp3) is 0.588. The lowest BCUT2D eigenvalue weighted by molar-refractivity contribution is 0.0221. The molecule has 1 amide bonds. The van der Waals surface area contributed by atoms with Crippen molar-refractivity contribution in [3.05, 3.63) is 22.5 Å². The largest absolute Gasteiger partial charge is 0.444 e. The Kier molecular flexibility index (Phi) is 5.26. The Labute approximate surface area is 158 Å². The van der Waals surface area contributed by atoms with Gasteiger partial charge in [-0.15, -0.1) is 0 Å². The maximum atomic E-state index is 11.9. The number of ether oxygens (including phenoxy) is 1. The lowest BCUT2D eigenvalue weighted by Gasteiger charge is -2.29. The molecule has 148 valence electrons. The first-order valence-corrected chi connectivity index (χ1v) is 9.06. The summed E-state index contributed by atoms with van der Waals surface area (Å²) in [5.41, 5.74) is 15.1. The predicted molar refractivity (Wildman–Crippen MR) is 102 cm³/mol. The average Bonchev–Trinajstić information content (AvgIpc) is 3.18. The van der Waals surface area contributed by atoms with Crippen molar-refractivity contribution in [1.82, 2.24) is 30.6 Å². The van der Waals surface area contributed by atoms with Gasteiger partial charge < -0.3 is 26.4 Å². The maximum Gasteiger partial charge on any atom is 0.410 e. The Balaban J connectivity index is 0.000000177. The summed E-state index contributed by atoms with van der Waals surface area (Å²) in [6, 6.07) is 0. The van der Waals surface area contributed by atoms with E-state index in [1.54, 1.807) is 4.90 Å². The molecule has 2 aliphatic heterocycles. The van der Waals surface area contributed by atoms with Crippen LogP contribution in [0.5, 0.6) is 0 Å². The van der Waals surface area contributed by atoms with Crippen LogP contribution in [0.2, 0.25) is 0 Å². The van der Waals surface area contributed by atoms with Crippen molar-refractivity contribution in [3.63, 3.8) is 0 Å². The third-order valence-electron chi connectivity index (χ3n) is 4.46. The quantitative estimate of drug-likeness (QED) is 0.458. The van der Waals surface area contributed by atoms with E-state index in [1.165, 1.54) is 5.56 Å². The lowest BCUT2D eigenvalue weighted by atomic mass is 10.1. The van der Waals surface area contributed by atoms with Crippen molar-refractivity contribution < 1.29 is 9.53 Å². The van der Waals surface area contributed by atoms with E-state index in [1.807, 2.05) is 20.8 Å². The van der Waals surface area contributed by atoms with Crippen LogP contribution in [-0.4, -0.2) is 50.1 Å². The summed E-state index contributed by atoms with van der Waals surface area (Å²) in [7, 11) is 0. The predicted octanol–water partition coefficient (Wildman–Crippen LogP) is 0.923. The zero-order chi connectivity index (χ0) is 19.6. The van der Waals surface area contributed by atoms with E-state index in [0.717, 1.165) is 42.9 Å². The highest BCUT2D eigenvalue weighted by Gasteiger charge is 2.27. The third kappa shape index (κ3) is 4.51. The number of fused-ring (bicyclic) bond motifs is 2. The number of nitrogen functional groups attached to an aromatic ring is 2. The molecule has 0 atom stereocenters. The molecular weight excluding hydrogens is 348 g/mol. The molecule has 0 aliphatic carbocycles. The first-order valence-electron chi connectivity index (χ1n) is 9.06. The molecule has 0 spiro atoms. The van der Waals surface area contributed by atoms with E-state index < -0.39 is 5.60 Å². The van der Waals surface area contributed by atoms with Crippen LogP contribution >= 0.6 is 0 Å². The molecule has 10 nitrogen and oxygen atoms in total. The minimum Gasteiger partial charge on any atom is -0.444 e. The van der Waals surface area contributed by atoms with Crippen LogP contribution in [0.4, 0.5) is 16.4 Å². The average molecular weight is 376 g/mol. The van der Waals surface area contributed by atoms with Crippen LogP contribution in [-0.2, 0) is 30.7 Å². The molecule has 2 aromatic rings. The van der Waals surface area contributed by atoms with Gasteiger partial charge in [-0.25, -0.2) is 4.79 Å². The molecule has 7 N–H and O–H groups in total. The van der Waals surface area contributed by atoms with E-state index in [2.05, 4.69) is 25.7 Å². The topological polar surface area (TPSA) is 151 Å². The Morgan fingerprint density at radius 2 is 1.70 bits per heavy atom. The summed E-state index contributed by atoms with van der Waals surface area (Å²) < 4.78 is 5.32. The second kappa shape index (κ2) is 7.47. The highest BCUT2D eigenvalue weighted by Crippen LogP contribution is 2.22. The van der Waals surface area contributed by atoms with Gasteiger partial charge in [-0.1, -0.05) is 0 Å². The molecule has 4 heterocycles. The monoisotopic (exact) mass is 376 g/mol. The molecule has 0 unspecified atom stereocenters. The van der Waals surface area contributed by atoms with E-state index >= 15 is 0 Å². The molecule has 4 rings (SSSR count). The van der Waals surface area contributed by atoms with E-state index in [-0.39, 0.29) is 6.09 Å². The molecule has 0 saturated carbocycles. The minimum absolute atomic E-state index is 0.295.